The number of rotatable bonds is 3. The van der Waals surface area contributed by atoms with E-state index in [1.165, 1.54) is 0 Å². The standard InChI is InChI=1S/C13H13ClFNO/c1-8(2)10-5-9(6-11(14)12(10)15)13(3-4-13)16-7-17/h5-6,8H,3-4H2,1-2H3. The van der Waals surface area contributed by atoms with Gasteiger partial charge in [-0.2, -0.15) is 4.99 Å². The maximum absolute atomic E-state index is 13.8. The number of hydrogen-bond donors (Lipinski definition) is 0. The maximum Gasteiger partial charge on any atom is 0.235 e. The van der Waals surface area contributed by atoms with E-state index in [-0.39, 0.29) is 16.8 Å². The summed E-state index contributed by atoms with van der Waals surface area (Å²) in [5.41, 5.74) is 0.888. The number of nitrogens with zero attached hydrogens (tertiary/aromatic N) is 1. The summed E-state index contributed by atoms with van der Waals surface area (Å²) >= 11 is 5.88. The van der Waals surface area contributed by atoms with Gasteiger partial charge in [0.2, 0.25) is 6.08 Å². The summed E-state index contributed by atoms with van der Waals surface area (Å²) in [7, 11) is 0. The van der Waals surface area contributed by atoms with Crippen LogP contribution < -0.4 is 0 Å². The van der Waals surface area contributed by atoms with Gasteiger partial charge in [0, 0.05) is 0 Å². The molecule has 0 aromatic heterocycles. The summed E-state index contributed by atoms with van der Waals surface area (Å²) in [6.07, 6.45) is 3.18. The van der Waals surface area contributed by atoms with E-state index in [1.807, 2.05) is 13.8 Å². The Bertz CT molecular complexity index is 502. The van der Waals surface area contributed by atoms with Crippen molar-refractivity contribution in [2.45, 2.75) is 38.1 Å². The fourth-order valence-electron chi connectivity index (χ4n) is 1.97. The highest BCUT2D eigenvalue weighted by Crippen LogP contribution is 2.50. The van der Waals surface area contributed by atoms with Crippen LogP contribution >= 0.6 is 11.6 Å². The van der Waals surface area contributed by atoms with E-state index < -0.39 is 5.54 Å². The molecule has 1 aliphatic rings. The molecule has 0 atom stereocenters. The van der Waals surface area contributed by atoms with Gasteiger partial charge in [0.1, 0.15) is 5.82 Å². The SMILES string of the molecule is CC(C)c1cc(C2(N=C=O)CC2)cc(Cl)c1F. The summed E-state index contributed by atoms with van der Waals surface area (Å²) in [5.74, 6) is -0.334. The first-order valence-corrected chi connectivity index (χ1v) is 5.96. The first-order chi connectivity index (χ1) is 8.00. The molecule has 90 valence electrons. The summed E-state index contributed by atoms with van der Waals surface area (Å²) in [6.45, 7) is 3.81. The van der Waals surface area contributed by atoms with Crippen LogP contribution in [-0.2, 0) is 10.3 Å². The lowest BCUT2D eigenvalue weighted by Gasteiger charge is -2.14. The average molecular weight is 254 g/mol. The first kappa shape index (κ1) is 12.3. The zero-order valence-corrected chi connectivity index (χ0v) is 10.5. The van der Waals surface area contributed by atoms with E-state index in [2.05, 4.69) is 4.99 Å². The molecular formula is C13H13ClFNO. The second kappa shape index (κ2) is 4.25. The quantitative estimate of drug-likeness (QED) is 0.593. The monoisotopic (exact) mass is 253 g/mol. The van der Waals surface area contributed by atoms with Crippen LogP contribution in [-0.4, -0.2) is 6.08 Å². The van der Waals surface area contributed by atoms with Gasteiger partial charge in [0.15, 0.2) is 0 Å². The Kier molecular flexibility index (Phi) is 3.07. The first-order valence-electron chi connectivity index (χ1n) is 5.58. The molecule has 0 aliphatic heterocycles. The van der Waals surface area contributed by atoms with Crippen molar-refractivity contribution in [3.8, 4) is 0 Å². The van der Waals surface area contributed by atoms with Gasteiger partial charge >= 0.3 is 0 Å². The minimum Gasteiger partial charge on any atom is -0.211 e. The van der Waals surface area contributed by atoms with Crippen molar-refractivity contribution in [3.63, 3.8) is 0 Å². The average Bonchev–Trinajstić information content (AvgIpc) is 3.03. The van der Waals surface area contributed by atoms with Crippen molar-refractivity contribution in [1.82, 2.24) is 0 Å². The molecule has 0 amide bonds. The highest BCUT2D eigenvalue weighted by Gasteiger charge is 2.45. The van der Waals surface area contributed by atoms with Crippen LogP contribution in [0.15, 0.2) is 17.1 Å². The molecule has 1 saturated carbocycles. The third kappa shape index (κ3) is 2.13. The molecule has 1 fully saturated rings. The molecule has 0 heterocycles. The molecule has 1 aliphatic carbocycles. The van der Waals surface area contributed by atoms with Gasteiger partial charge in [-0.05, 0) is 36.0 Å². The zero-order valence-electron chi connectivity index (χ0n) is 9.76. The summed E-state index contributed by atoms with van der Waals surface area (Å²) < 4.78 is 13.8. The van der Waals surface area contributed by atoms with Crippen molar-refractivity contribution in [3.05, 3.63) is 34.1 Å². The smallest absolute Gasteiger partial charge is 0.211 e. The van der Waals surface area contributed by atoms with Crippen LogP contribution in [0.25, 0.3) is 0 Å². The molecule has 0 bridgehead atoms. The van der Waals surface area contributed by atoms with Crippen LogP contribution in [0.3, 0.4) is 0 Å². The van der Waals surface area contributed by atoms with E-state index in [9.17, 15) is 9.18 Å². The Labute approximate surface area is 105 Å². The fraction of sp³-hybridized carbons (Fsp3) is 0.462. The molecule has 1 aromatic rings. The molecule has 1 aromatic carbocycles. The molecular weight excluding hydrogens is 241 g/mol. The minimum atomic E-state index is -0.497. The predicted octanol–water partition coefficient (Wildman–Crippen LogP) is 3.93. The zero-order chi connectivity index (χ0) is 12.6. The third-order valence-electron chi connectivity index (χ3n) is 3.20. The summed E-state index contributed by atoms with van der Waals surface area (Å²) in [6, 6.07) is 3.33. The minimum absolute atomic E-state index is 0.0449. The highest BCUT2D eigenvalue weighted by atomic mass is 35.5. The Balaban J connectivity index is 2.54. The van der Waals surface area contributed by atoms with Crippen LogP contribution in [0.1, 0.15) is 43.7 Å². The maximum atomic E-state index is 13.8. The number of isocyanates is 1. The normalized spacial score (nSPS) is 16.8. The van der Waals surface area contributed by atoms with E-state index in [4.69, 9.17) is 11.6 Å². The molecule has 0 radical (unpaired) electrons. The fourth-order valence-corrected chi connectivity index (χ4v) is 2.20. The number of benzene rings is 1. The Hall–Kier alpha value is -1.18. The van der Waals surface area contributed by atoms with Gasteiger partial charge in [0.05, 0.1) is 10.6 Å². The lowest BCUT2D eigenvalue weighted by Crippen LogP contribution is -2.05. The van der Waals surface area contributed by atoms with Crippen molar-refractivity contribution in [1.29, 1.82) is 0 Å². The van der Waals surface area contributed by atoms with Crippen LogP contribution in [0.4, 0.5) is 4.39 Å². The van der Waals surface area contributed by atoms with Gasteiger partial charge < -0.3 is 0 Å². The van der Waals surface area contributed by atoms with Gasteiger partial charge in [-0.25, -0.2) is 9.18 Å². The molecule has 0 N–H and O–H groups in total. The Morgan fingerprint density at radius 1 is 1.47 bits per heavy atom. The molecule has 17 heavy (non-hydrogen) atoms. The van der Waals surface area contributed by atoms with Gasteiger partial charge in [-0.1, -0.05) is 31.5 Å². The lowest BCUT2D eigenvalue weighted by molar-refractivity contribution is 0.555. The number of halogens is 2. The third-order valence-corrected chi connectivity index (χ3v) is 3.47. The molecule has 0 unspecified atom stereocenters. The highest BCUT2D eigenvalue weighted by molar-refractivity contribution is 6.30. The van der Waals surface area contributed by atoms with Crippen LogP contribution in [0.2, 0.25) is 5.02 Å². The Morgan fingerprint density at radius 3 is 2.59 bits per heavy atom. The molecule has 0 saturated heterocycles. The summed E-state index contributed by atoms with van der Waals surface area (Å²) in [4.78, 5) is 14.2. The van der Waals surface area contributed by atoms with Gasteiger partial charge in [-0.15, -0.1) is 0 Å². The van der Waals surface area contributed by atoms with Crippen molar-refractivity contribution < 1.29 is 9.18 Å². The van der Waals surface area contributed by atoms with Crippen molar-refractivity contribution >= 4 is 17.7 Å². The van der Waals surface area contributed by atoms with Crippen molar-refractivity contribution in [2.24, 2.45) is 4.99 Å². The second-order valence-electron chi connectivity index (χ2n) is 4.75. The van der Waals surface area contributed by atoms with E-state index in [0.29, 0.717) is 5.56 Å². The number of hydrogen-bond acceptors (Lipinski definition) is 2. The van der Waals surface area contributed by atoms with Gasteiger partial charge in [0.25, 0.3) is 0 Å². The summed E-state index contributed by atoms with van der Waals surface area (Å²) in [5, 5.41) is 0.0959. The molecule has 4 heteroatoms. The van der Waals surface area contributed by atoms with E-state index in [1.54, 1.807) is 18.2 Å². The largest absolute Gasteiger partial charge is 0.235 e. The van der Waals surface area contributed by atoms with Gasteiger partial charge in [-0.3, -0.25) is 0 Å². The number of carbonyl (C=O) groups excluding carboxylic acids is 1. The lowest BCUT2D eigenvalue weighted by atomic mass is 9.96. The molecule has 2 nitrogen and oxygen atoms in total. The molecule has 0 spiro atoms. The topological polar surface area (TPSA) is 29.4 Å². The predicted molar refractivity (Wildman–Crippen MR) is 64.5 cm³/mol. The number of aliphatic imine (C=N–C) groups is 1. The van der Waals surface area contributed by atoms with Crippen LogP contribution in [0, 0.1) is 5.82 Å². The van der Waals surface area contributed by atoms with Crippen LogP contribution in [0.5, 0.6) is 0 Å². The van der Waals surface area contributed by atoms with Crippen molar-refractivity contribution in [2.75, 3.05) is 0 Å². The van der Waals surface area contributed by atoms with E-state index in [0.717, 1.165) is 18.4 Å². The van der Waals surface area contributed by atoms with E-state index >= 15 is 0 Å². The Morgan fingerprint density at radius 2 is 2.12 bits per heavy atom. The molecule has 2 rings (SSSR count). The second-order valence-corrected chi connectivity index (χ2v) is 5.16.